The van der Waals surface area contributed by atoms with Gasteiger partial charge in [0.05, 0.1) is 13.2 Å². The first kappa shape index (κ1) is 12.0. The van der Waals surface area contributed by atoms with Crippen molar-refractivity contribution in [3.63, 3.8) is 0 Å². The molecule has 0 radical (unpaired) electrons. The van der Waals surface area contributed by atoms with Crippen LogP contribution in [-0.4, -0.2) is 24.7 Å². The molecule has 0 unspecified atom stereocenters. The smallest absolute Gasteiger partial charge is 0.107 e. The molecule has 1 aliphatic heterocycles. The molecular weight excluding hydrogens is 220 g/mol. The molecule has 90 valence electrons. The largest absolute Gasteiger partial charge is 0.380 e. The topological polar surface area (TPSA) is 34.2 Å². The Morgan fingerprint density at radius 2 is 2.31 bits per heavy atom. The fourth-order valence-corrected chi connectivity index (χ4v) is 2.59. The average Bonchev–Trinajstić information content (AvgIpc) is 2.64. The molecule has 0 bridgehead atoms. The summed E-state index contributed by atoms with van der Waals surface area (Å²) in [4.78, 5) is 5.80. The summed E-state index contributed by atoms with van der Waals surface area (Å²) in [5.74, 6) is 0.587. The molecule has 1 fully saturated rings. The SMILES string of the molecule is CC(C)c1cnc(CNCC2(C)COC2)s1. The maximum Gasteiger partial charge on any atom is 0.107 e. The van der Waals surface area contributed by atoms with Gasteiger partial charge in [0, 0.05) is 29.6 Å². The molecule has 4 heteroatoms. The highest BCUT2D eigenvalue weighted by molar-refractivity contribution is 7.11. The second kappa shape index (κ2) is 4.82. The number of rotatable bonds is 5. The van der Waals surface area contributed by atoms with Crippen molar-refractivity contribution in [3.8, 4) is 0 Å². The van der Waals surface area contributed by atoms with E-state index in [4.69, 9.17) is 4.74 Å². The van der Waals surface area contributed by atoms with Gasteiger partial charge in [-0.25, -0.2) is 4.98 Å². The molecule has 1 aromatic rings. The molecule has 1 N–H and O–H groups in total. The summed E-state index contributed by atoms with van der Waals surface area (Å²) < 4.78 is 5.22. The highest BCUT2D eigenvalue weighted by Crippen LogP contribution is 2.26. The van der Waals surface area contributed by atoms with E-state index in [9.17, 15) is 0 Å². The summed E-state index contributed by atoms with van der Waals surface area (Å²) in [6, 6.07) is 0. The molecule has 2 rings (SSSR count). The van der Waals surface area contributed by atoms with E-state index in [1.54, 1.807) is 0 Å². The van der Waals surface area contributed by atoms with Gasteiger partial charge < -0.3 is 10.1 Å². The summed E-state index contributed by atoms with van der Waals surface area (Å²) in [7, 11) is 0. The highest BCUT2D eigenvalue weighted by atomic mass is 32.1. The fraction of sp³-hybridized carbons (Fsp3) is 0.750. The number of aromatic nitrogens is 1. The van der Waals surface area contributed by atoms with Gasteiger partial charge in [0.2, 0.25) is 0 Å². The van der Waals surface area contributed by atoms with E-state index < -0.39 is 0 Å². The van der Waals surface area contributed by atoms with Crippen LogP contribution in [0.1, 0.15) is 36.6 Å². The molecule has 1 aromatic heterocycles. The Balaban J connectivity index is 1.76. The van der Waals surface area contributed by atoms with Gasteiger partial charge in [0.25, 0.3) is 0 Å². The maximum atomic E-state index is 5.22. The predicted molar refractivity (Wildman–Crippen MR) is 66.8 cm³/mol. The molecule has 16 heavy (non-hydrogen) atoms. The zero-order valence-corrected chi connectivity index (χ0v) is 11.1. The van der Waals surface area contributed by atoms with Gasteiger partial charge in [-0.3, -0.25) is 0 Å². The summed E-state index contributed by atoms with van der Waals surface area (Å²) in [5, 5.41) is 4.65. The molecule has 3 nitrogen and oxygen atoms in total. The number of thiazole rings is 1. The lowest BCUT2D eigenvalue weighted by Gasteiger charge is -2.38. The lowest BCUT2D eigenvalue weighted by atomic mass is 9.89. The maximum absolute atomic E-state index is 5.22. The number of ether oxygens (including phenoxy) is 1. The number of hydrogen-bond donors (Lipinski definition) is 1. The molecule has 2 heterocycles. The number of nitrogens with zero attached hydrogens (tertiary/aromatic N) is 1. The third-order valence-corrected chi connectivity index (χ3v) is 4.17. The quantitative estimate of drug-likeness (QED) is 0.858. The van der Waals surface area contributed by atoms with E-state index in [0.717, 1.165) is 26.3 Å². The lowest BCUT2D eigenvalue weighted by molar-refractivity contribution is -0.0991. The third kappa shape index (κ3) is 2.81. The minimum Gasteiger partial charge on any atom is -0.380 e. The van der Waals surface area contributed by atoms with E-state index in [1.807, 2.05) is 17.5 Å². The van der Waals surface area contributed by atoms with Crippen LogP contribution >= 0.6 is 11.3 Å². The van der Waals surface area contributed by atoms with Crippen molar-refractivity contribution in [2.45, 2.75) is 33.2 Å². The Morgan fingerprint density at radius 3 is 2.81 bits per heavy atom. The number of hydrogen-bond acceptors (Lipinski definition) is 4. The standard InChI is InChI=1S/C12H20N2OS/c1-9(2)10-4-14-11(16-10)5-13-6-12(3)7-15-8-12/h4,9,13H,5-8H2,1-3H3. The van der Waals surface area contributed by atoms with E-state index in [-0.39, 0.29) is 0 Å². The second-order valence-corrected chi connectivity index (χ2v) is 6.36. The molecule has 0 atom stereocenters. The summed E-state index contributed by atoms with van der Waals surface area (Å²) in [6.07, 6.45) is 2.00. The van der Waals surface area contributed by atoms with Crippen molar-refractivity contribution in [3.05, 3.63) is 16.1 Å². The van der Waals surface area contributed by atoms with Gasteiger partial charge in [-0.05, 0) is 5.92 Å². The summed E-state index contributed by atoms with van der Waals surface area (Å²) in [5.41, 5.74) is 0.345. The summed E-state index contributed by atoms with van der Waals surface area (Å²) in [6.45, 7) is 10.3. The zero-order chi connectivity index (χ0) is 11.6. The van der Waals surface area contributed by atoms with Crippen LogP contribution in [0.2, 0.25) is 0 Å². The normalized spacial score (nSPS) is 18.8. The van der Waals surface area contributed by atoms with Gasteiger partial charge in [-0.15, -0.1) is 11.3 Å². The van der Waals surface area contributed by atoms with Crippen LogP contribution in [-0.2, 0) is 11.3 Å². The minimum atomic E-state index is 0.345. The minimum absolute atomic E-state index is 0.345. The van der Waals surface area contributed by atoms with Gasteiger partial charge in [-0.2, -0.15) is 0 Å². The lowest BCUT2D eigenvalue weighted by Crippen LogP contribution is -2.47. The first-order valence-electron chi connectivity index (χ1n) is 5.82. The Morgan fingerprint density at radius 1 is 1.56 bits per heavy atom. The van der Waals surface area contributed by atoms with Crippen LogP contribution in [0, 0.1) is 5.41 Å². The van der Waals surface area contributed by atoms with Crippen LogP contribution in [0.5, 0.6) is 0 Å². The van der Waals surface area contributed by atoms with Crippen molar-refractivity contribution < 1.29 is 4.74 Å². The van der Waals surface area contributed by atoms with E-state index >= 15 is 0 Å². The van der Waals surface area contributed by atoms with Crippen LogP contribution in [0.4, 0.5) is 0 Å². The number of nitrogens with one attached hydrogen (secondary N) is 1. The first-order valence-corrected chi connectivity index (χ1v) is 6.64. The fourth-order valence-electron chi connectivity index (χ4n) is 1.70. The van der Waals surface area contributed by atoms with Gasteiger partial charge in [-0.1, -0.05) is 20.8 Å². The highest BCUT2D eigenvalue weighted by Gasteiger charge is 2.32. The average molecular weight is 240 g/mol. The zero-order valence-electron chi connectivity index (χ0n) is 10.2. The molecule has 0 aliphatic carbocycles. The Hall–Kier alpha value is -0.450. The van der Waals surface area contributed by atoms with Gasteiger partial charge in [0.15, 0.2) is 0 Å². The van der Waals surface area contributed by atoms with Crippen molar-refractivity contribution in [1.82, 2.24) is 10.3 Å². The molecule has 0 spiro atoms. The van der Waals surface area contributed by atoms with Crippen molar-refractivity contribution in [2.24, 2.45) is 5.41 Å². The Labute approximate surface area is 101 Å². The third-order valence-electron chi connectivity index (χ3n) is 2.87. The van der Waals surface area contributed by atoms with Crippen molar-refractivity contribution in [1.29, 1.82) is 0 Å². The first-order chi connectivity index (χ1) is 7.59. The van der Waals surface area contributed by atoms with E-state index in [1.165, 1.54) is 9.88 Å². The summed E-state index contributed by atoms with van der Waals surface area (Å²) >= 11 is 1.81. The van der Waals surface area contributed by atoms with Crippen molar-refractivity contribution >= 4 is 11.3 Å². The van der Waals surface area contributed by atoms with Crippen LogP contribution in [0.3, 0.4) is 0 Å². The second-order valence-electron chi connectivity index (χ2n) is 5.22. The van der Waals surface area contributed by atoms with Gasteiger partial charge in [0.1, 0.15) is 5.01 Å². The van der Waals surface area contributed by atoms with Crippen LogP contribution < -0.4 is 5.32 Å². The van der Waals surface area contributed by atoms with Crippen molar-refractivity contribution in [2.75, 3.05) is 19.8 Å². The predicted octanol–water partition coefficient (Wildman–Crippen LogP) is 2.39. The molecule has 0 aromatic carbocycles. The van der Waals surface area contributed by atoms with E-state index in [2.05, 4.69) is 31.1 Å². The Kier molecular flexibility index (Phi) is 3.62. The monoisotopic (exact) mass is 240 g/mol. The molecule has 0 saturated carbocycles. The van der Waals surface area contributed by atoms with Gasteiger partial charge >= 0.3 is 0 Å². The van der Waals surface area contributed by atoms with Crippen LogP contribution in [0.25, 0.3) is 0 Å². The van der Waals surface area contributed by atoms with Crippen LogP contribution in [0.15, 0.2) is 6.20 Å². The Bertz CT molecular complexity index is 345. The molecule has 1 aliphatic rings. The molecule has 1 saturated heterocycles. The molecule has 0 amide bonds. The van der Waals surface area contributed by atoms with E-state index in [0.29, 0.717) is 11.3 Å². The molecular formula is C12H20N2OS.